The number of hydrogen-bond donors (Lipinski definition) is 1. The van der Waals surface area contributed by atoms with Crippen molar-refractivity contribution >= 4 is 6.29 Å². The fourth-order valence-electron chi connectivity index (χ4n) is 1.61. The molecule has 0 atom stereocenters. The number of rotatable bonds is 2. The zero-order valence-electron chi connectivity index (χ0n) is 7.71. The number of aryl methyl sites for hydroxylation is 1. The molecule has 1 aromatic carbocycles. The summed E-state index contributed by atoms with van der Waals surface area (Å²) in [6.45, 7) is 2.02. The molecule has 1 saturated carbocycles. The Morgan fingerprint density at radius 2 is 2.15 bits per heavy atom. The molecule has 2 nitrogen and oxygen atoms in total. The van der Waals surface area contributed by atoms with Crippen LogP contribution in [0.25, 0.3) is 0 Å². The van der Waals surface area contributed by atoms with E-state index >= 15 is 0 Å². The molecule has 0 spiro atoms. The van der Waals surface area contributed by atoms with Crippen molar-refractivity contribution in [3.63, 3.8) is 0 Å². The minimum atomic E-state index is -0.206. The third-order valence-electron chi connectivity index (χ3n) is 2.66. The van der Waals surface area contributed by atoms with Gasteiger partial charge in [0.05, 0.1) is 0 Å². The molecule has 1 aliphatic carbocycles. The van der Waals surface area contributed by atoms with E-state index < -0.39 is 0 Å². The molecule has 2 N–H and O–H groups in total. The Kier molecular flexibility index (Phi) is 1.74. The first kappa shape index (κ1) is 8.45. The molecule has 0 radical (unpaired) electrons. The van der Waals surface area contributed by atoms with Gasteiger partial charge in [-0.05, 0) is 25.3 Å². The van der Waals surface area contributed by atoms with Crippen LogP contribution in [0.2, 0.25) is 0 Å². The van der Waals surface area contributed by atoms with E-state index in [1.54, 1.807) is 0 Å². The average Bonchev–Trinajstić information content (AvgIpc) is 2.85. The van der Waals surface area contributed by atoms with E-state index in [1.807, 2.05) is 25.1 Å². The summed E-state index contributed by atoms with van der Waals surface area (Å²) in [5, 5.41) is 0. The first-order valence-corrected chi connectivity index (χ1v) is 4.51. The molecule has 0 aliphatic heterocycles. The molecule has 1 fully saturated rings. The van der Waals surface area contributed by atoms with Crippen molar-refractivity contribution in [2.45, 2.75) is 25.3 Å². The second kappa shape index (κ2) is 2.67. The summed E-state index contributed by atoms with van der Waals surface area (Å²) < 4.78 is 0. The molecule has 1 aromatic rings. The maximum absolute atomic E-state index is 10.8. The van der Waals surface area contributed by atoms with Crippen LogP contribution in [0.5, 0.6) is 0 Å². The summed E-state index contributed by atoms with van der Waals surface area (Å²) >= 11 is 0. The van der Waals surface area contributed by atoms with E-state index in [-0.39, 0.29) is 5.54 Å². The predicted molar refractivity (Wildman–Crippen MR) is 51.7 cm³/mol. The standard InChI is InChI=1S/C11H13NO/c1-8-2-3-9(7-13)10(6-8)11(12)4-5-11/h2-3,6-7H,4-5,12H2,1H3. The molecule has 2 rings (SSSR count). The zero-order valence-corrected chi connectivity index (χ0v) is 7.71. The highest BCUT2D eigenvalue weighted by Gasteiger charge is 2.41. The Morgan fingerprint density at radius 1 is 1.46 bits per heavy atom. The third kappa shape index (κ3) is 1.38. The van der Waals surface area contributed by atoms with Gasteiger partial charge >= 0.3 is 0 Å². The van der Waals surface area contributed by atoms with Crippen LogP contribution in [0.1, 0.15) is 34.3 Å². The topological polar surface area (TPSA) is 43.1 Å². The van der Waals surface area contributed by atoms with E-state index in [4.69, 9.17) is 5.73 Å². The van der Waals surface area contributed by atoms with Gasteiger partial charge < -0.3 is 5.73 Å². The first-order valence-electron chi connectivity index (χ1n) is 4.51. The van der Waals surface area contributed by atoms with Crippen molar-refractivity contribution in [2.24, 2.45) is 5.73 Å². The van der Waals surface area contributed by atoms with Gasteiger partial charge in [-0.2, -0.15) is 0 Å². The minimum absolute atomic E-state index is 0.206. The highest BCUT2D eigenvalue weighted by molar-refractivity contribution is 5.78. The maximum Gasteiger partial charge on any atom is 0.150 e. The van der Waals surface area contributed by atoms with Gasteiger partial charge in [0.1, 0.15) is 6.29 Å². The van der Waals surface area contributed by atoms with Crippen molar-refractivity contribution in [3.8, 4) is 0 Å². The van der Waals surface area contributed by atoms with E-state index in [2.05, 4.69) is 0 Å². The van der Waals surface area contributed by atoms with Gasteiger partial charge in [0.15, 0.2) is 0 Å². The van der Waals surface area contributed by atoms with E-state index in [1.165, 1.54) is 0 Å². The Morgan fingerprint density at radius 3 is 2.69 bits per heavy atom. The molecule has 68 valence electrons. The highest BCUT2D eigenvalue weighted by atomic mass is 16.1. The first-order chi connectivity index (χ1) is 6.15. The van der Waals surface area contributed by atoms with Crippen molar-refractivity contribution in [3.05, 3.63) is 34.9 Å². The van der Waals surface area contributed by atoms with Crippen LogP contribution >= 0.6 is 0 Å². The monoisotopic (exact) mass is 175 g/mol. The normalized spacial score (nSPS) is 18.3. The lowest BCUT2D eigenvalue weighted by Crippen LogP contribution is -2.20. The fourth-order valence-corrected chi connectivity index (χ4v) is 1.61. The van der Waals surface area contributed by atoms with Gasteiger partial charge in [0, 0.05) is 11.1 Å². The number of hydrogen-bond acceptors (Lipinski definition) is 2. The lowest BCUT2D eigenvalue weighted by atomic mass is 9.97. The van der Waals surface area contributed by atoms with Crippen molar-refractivity contribution in [1.29, 1.82) is 0 Å². The molecule has 0 heterocycles. The van der Waals surface area contributed by atoms with Crippen LogP contribution in [-0.4, -0.2) is 6.29 Å². The quantitative estimate of drug-likeness (QED) is 0.696. The second-order valence-corrected chi connectivity index (χ2v) is 3.86. The zero-order chi connectivity index (χ0) is 9.47. The Hall–Kier alpha value is -1.15. The molecule has 1 aliphatic rings. The average molecular weight is 175 g/mol. The third-order valence-corrected chi connectivity index (χ3v) is 2.66. The fraction of sp³-hybridized carbons (Fsp3) is 0.364. The summed E-state index contributed by atoms with van der Waals surface area (Å²) in [5.74, 6) is 0. The lowest BCUT2D eigenvalue weighted by Gasteiger charge is -2.12. The van der Waals surface area contributed by atoms with Gasteiger partial charge in [-0.1, -0.05) is 23.8 Å². The Labute approximate surface area is 77.8 Å². The number of nitrogens with two attached hydrogens (primary N) is 1. The van der Waals surface area contributed by atoms with Gasteiger partial charge in [0.25, 0.3) is 0 Å². The van der Waals surface area contributed by atoms with Crippen LogP contribution in [0.3, 0.4) is 0 Å². The van der Waals surface area contributed by atoms with Gasteiger partial charge in [-0.25, -0.2) is 0 Å². The molecule has 0 saturated heterocycles. The summed E-state index contributed by atoms with van der Waals surface area (Å²) in [4.78, 5) is 10.8. The molecule has 0 bridgehead atoms. The van der Waals surface area contributed by atoms with Crippen LogP contribution in [-0.2, 0) is 5.54 Å². The second-order valence-electron chi connectivity index (χ2n) is 3.86. The Balaban J connectivity index is 2.52. The maximum atomic E-state index is 10.8. The van der Waals surface area contributed by atoms with Crippen molar-refractivity contribution < 1.29 is 4.79 Å². The summed E-state index contributed by atoms with van der Waals surface area (Å²) in [6.07, 6.45) is 2.89. The molecule has 0 aromatic heterocycles. The van der Waals surface area contributed by atoms with E-state index in [0.29, 0.717) is 0 Å². The van der Waals surface area contributed by atoms with Gasteiger partial charge in [-0.3, -0.25) is 4.79 Å². The van der Waals surface area contributed by atoms with Crippen molar-refractivity contribution in [2.75, 3.05) is 0 Å². The molecular formula is C11H13NO. The SMILES string of the molecule is Cc1ccc(C=O)c(C2(N)CC2)c1. The van der Waals surface area contributed by atoms with Crippen LogP contribution in [0.15, 0.2) is 18.2 Å². The number of carbonyl (C=O) groups excluding carboxylic acids is 1. The largest absolute Gasteiger partial charge is 0.321 e. The molecule has 0 amide bonds. The summed E-state index contributed by atoms with van der Waals surface area (Å²) in [7, 11) is 0. The lowest BCUT2D eigenvalue weighted by molar-refractivity contribution is 0.112. The summed E-state index contributed by atoms with van der Waals surface area (Å²) in [5.41, 5.74) is 8.77. The van der Waals surface area contributed by atoms with Gasteiger partial charge in [-0.15, -0.1) is 0 Å². The molecular weight excluding hydrogens is 162 g/mol. The molecule has 13 heavy (non-hydrogen) atoms. The Bertz CT molecular complexity index is 353. The number of benzene rings is 1. The number of carbonyl (C=O) groups is 1. The minimum Gasteiger partial charge on any atom is -0.321 e. The van der Waals surface area contributed by atoms with Crippen LogP contribution in [0, 0.1) is 6.92 Å². The van der Waals surface area contributed by atoms with Crippen molar-refractivity contribution in [1.82, 2.24) is 0 Å². The molecule has 2 heteroatoms. The van der Waals surface area contributed by atoms with Crippen LogP contribution < -0.4 is 5.73 Å². The smallest absolute Gasteiger partial charge is 0.150 e. The predicted octanol–water partition coefficient (Wildman–Crippen LogP) is 1.76. The van der Waals surface area contributed by atoms with E-state index in [9.17, 15) is 4.79 Å². The molecule has 0 unspecified atom stereocenters. The van der Waals surface area contributed by atoms with E-state index in [0.717, 1.165) is 35.8 Å². The number of aldehydes is 1. The van der Waals surface area contributed by atoms with Gasteiger partial charge in [0.2, 0.25) is 0 Å². The highest BCUT2D eigenvalue weighted by Crippen LogP contribution is 2.43. The summed E-state index contributed by atoms with van der Waals surface area (Å²) in [6, 6.07) is 5.82. The van der Waals surface area contributed by atoms with Crippen LogP contribution in [0.4, 0.5) is 0 Å².